The number of hydrogen-bond donors (Lipinski definition) is 0. The Kier molecular flexibility index (Phi) is 5.74. The first kappa shape index (κ1) is 22.2. The number of methoxy groups -OCH3 is 1. The molecule has 2 fully saturated rings. The lowest BCUT2D eigenvalue weighted by molar-refractivity contribution is 0.0982. The summed E-state index contributed by atoms with van der Waals surface area (Å²) in [4.78, 5) is 16.5. The first-order valence-electron chi connectivity index (χ1n) is 12.2. The summed E-state index contributed by atoms with van der Waals surface area (Å²) in [5.74, 6) is -0.238. The van der Waals surface area contributed by atoms with Crippen LogP contribution in [0.2, 0.25) is 0 Å². The number of fused-ring (bicyclic) bond motifs is 2. The first-order chi connectivity index (χ1) is 17.1. The number of benzene rings is 1. The normalized spacial score (nSPS) is 18.5. The number of rotatable bonds is 4. The quantitative estimate of drug-likeness (QED) is 0.449. The maximum absolute atomic E-state index is 14.2. The van der Waals surface area contributed by atoms with Crippen LogP contribution in [-0.2, 0) is 0 Å². The minimum absolute atomic E-state index is 0.191. The van der Waals surface area contributed by atoms with E-state index in [4.69, 9.17) is 9.84 Å². The van der Waals surface area contributed by atoms with Crippen molar-refractivity contribution in [3.63, 3.8) is 0 Å². The van der Waals surface area contributed by atoms with Gasteiger partial charge in [-0.1, -0.05) is 0 Å². The molecule has 182 valence electrons. The van der Waals surface area contributed by atoms with Crippen molar-refractivity contribution in [2.75, 3.05) is 58.3 Å². The lowest BCUT2D eigenvalue weighted by atomic mass is 10.0. The van der Waals surface area contributed by atoms with Gasteiger partial charge in [-0.25, -0.2) is 13.9 Å². The summed E-state index contributed by atoms with van der Waals surface area (Å²) in [7, 11) is 3.67. The van der Waals surface area contributed by atoms with Gasteiger partial charge >= 0.3 is 0 Å². The fraction of sp³-hybridized carbons (Fsp3) is 0.423. The van der Waals surface area contributed by atoms with Crippen molar-refractivity contribution >= 4 is 22.2 Å². The molecule has 2 saturated heterocycles. The van der Waals surface area contributed by atoms with E-state index in [-0.39, 0.29) is 5.75 Å². The van der Waals surface area contributed by atoms with Crippen molar-refractivity contribution in [3.8, 4) is 17.0 Å². The van der Waals surface area contributed by atoms with Crippen LogP contribution in [0.3, 0.4) is 0 Å². The van der Waals surface area contributed by atoms with Crippen LogP contribution in [-0.4, -0.2) is 88.8 Å². The number of halogens is 1. The molecule has 0 unspecified atom stereocenters. The first-order valence-corrected chi connectivity index (χ1v) is 12.2. The predicted molar refractivity (Wildman–Crippen MR) is 135 cm³/mol. The molecule has 0 spiro atoms. The number of nitrogens with zero attached hydrogens (tertiary/aromatic N) is 7. The number of ether oxygens (including phenoxy) is 1. The third-order valence-electron chi connectivity index (χ3n) is 7.52. The third-order valence-corrected chi connectivity index (χ3v) is 7.52. The molecule has 0 N–H and O–H groups in total. The summed E-state index contributed by atoms with van der Waals surface area (Å²) < 4.78 is 21.2. The van der Waals surface area contributed by atoms with Crippen molar-refractivity contribution in [2.24, 2.45) is 0 Å². The molecular formula is C26H30FN7O. The van der Waals surface area contributed by atoms with Gasteiger partial charge in [0.25, 0.3) is 0 Å². The van der Waals surface area contributed by atoms with Gasteiger partial charge in [0.05, 0.1) is 36.4 Å². The average Bonchev–Trinajstić information content (AvgIpc) is 3.31. The van der Waals surface area contributed by atoms with Crippen LogP contribution < -0.4 is 9.64 Å². The molecule has 0 aliphatic carbocycles. The molecule has 9 heteroatoms. The van der Waals surface area contributed by atoms with Gasteiger partial charge in [0.2, 0.25) is 0 Å². The number of likely N-dealkylation sites (N-methyl/N-ethyl adjacent to an activating group) is 1. The van der Waals surface area contributed by atoms with E-state index in [2.05, 4.69) is 37.8 Å². The van der Waals surface area contributed by atoms with Gasteiger partial charge in [-0.2, -0.15) is 5.10 Å². The van der Waals surface area contributed by atoms with E-state index in [1.807, 2.05) is 23.0 Å². The Hall–Kier alpha value is -3.30. The minimum atomic E-state index is -0.429. The second-order valence-electron chi connectivity index (χ2n) is 9.55. The number of piperidine rings is 1. The maximum Gasteiger partial charge on any atom is 0.167 e. The van der Waals surface area contributed by atoms with Gasteiger partial charge in [-0.05, 0) is 32.0 Å². The SMILES string of the molecule is COc1cc2c(-c3cnc4cc(N5CCC(N6CCN(C)CC6)CC5)cnn34)ccnc2cc1F. The van der Waals surface area contributed by atoms with Gasteiger partial charge < -0.3 is 14.5 Å². The highest BCUT2D eigenvalue weighted by molar-refractivity contribution is 5.94. The summed E-state index contributed by atoms with van der Waals surface area (Å²) in [6.07, 6.45) is 7.78. The van der Waals surface area contributed by atoms with Gasteiger partial charge in [0.15, 0.2) is 17.2 Å². The molecule has 2 aliphatic heterocycles. The van der Waals surface area contributed by atoms with Crippen molar-refractivity contribution < 1.29 is 9.13 Å². The number of anilines is 1. The lowest BCUT2D eigenvalue weighted by Crippen LogP contribution is -2.52. The molecule has 4 aromatic rings. The molecule has 35 heavy (non-hydrogen) atoms. The zero-order chi connectivity index (χ0) is 23.9. The van der Waals surface area contributed by atoms with Crippen LogP contribution in [0.25, 0.3) is 27.8 Å². The molecule has 5 heterocycles. The molecule has 1 aromatic carbocycles. The minimum Gasteiger partial charge on any atom is -0.494 e. The Balaban J connectivity index is 1.24. The van der Waals surface area contributed by atoms with Crippen LogP contribution in [0.5, 0.6) is 5.75 Å². The zero-order valence-corrected chi connectivity index (χ0v) is 20.2. The Morgan fingerprint density at radius 3 is 2.54 bits per heavy atom. The number of piperazine rings is 1. The molecule has 0 saturated carbocycles. The molecule has 3 aromatic heterocycles. The largest absolute Gasteiger partial charge is 0.494 e. The molecule has 0 radical (unpaired) electrons. The molecule has 0 bridgehead atoms. The van der Waals surface area contributed by atoms with E-state index in [9.17, 15) is 4.39 Å². The summed E-state index contributed by atoms with van der Waals surface area (Å²) in [6.45, 7) is 6.74. The summed E-state index contributed by atoms with van der Waals surface area (Å²) in [5.41, 5.74) is 4.18. The van der Waals surface area contributed by atoms with Crippen LogP contribution in [0, 0.1) is 5.82 Å². The molecule has 6 rings (SSSR count). The van der Waals surface area contributed by atoms with Crippen LogP contribution in [0.15, 0.2) is 42.9 Å². The number of pyridine rings is 1. The Morgan fingerprint density at radius 1 is 0.971 bits per heavy atom. The molecule has 2 aliphatic rings. The monoisotopic (exact) mass is 475 g/mol. The molecular weight excluding hydrogens is 445 g/mol. The fourth-order valence-corrected chi connectivity index (χ4v) is 5.43. The van der Waals surface area contributed by atoms with E-state index < -0.39 is 5.82 Å². The predicted octanol–water partition coefficient (Wildman–Crippen LogP) is 3.31. The van der Waals surface area contributed by atoms with Crippen molar-refractivity contribution in [1.82, 2.24) is 29.4 Å². The van der Waals surface area contributed by atoms with Crippen LogP contribution in [0.1, 0.15) is 12.8 Å². The van der Waals surface area contributed by atoms with E-state index in [1.165, 1.54) is 39.1 Å². The van der Waals surface area contributed by atoms with Crippen LogP contribution in [0.4, 0.5) is 10.1 Å². The summed E-state index contributed by atoms with van der Waals surface area (Å²) in [5, 5.41) is 5.54. The second-order valence-corrected chi connectivity index (χ2v) is 9.55. The molecule has 8 nitrogen and oxygen atoms in total. The summed E-state index contributed by atoms with van der Waals surface area (Å²) >= 11 is 0. The maximum atomic E-state index is 14.2. The van der Waals surface area contributed by atoms with Gasteiger partial charge in [0.1, 0.15) is 0 Å². The van der Waals surface area contributed by atoms with Crippen molar-refractivity contribution in [3.05, 3.63) is 48.7 Å². The van der Waals surface area contributed by atoms with E-state index >= 15 is 0 Å². The lowest BCUT2D eigenvalue weighted by Gasteiger charge is -2.42. The van der Waals surface area contributed by atoms with E-state index in [0.29, 0.717) is 11.6 Å². The van der Waals surface area contributed by atoms with Crippen molar-refractivity contribution in [1.29, 1.82) is 0 Å². The smallest absolute Gasteiger partial charge is 0.167 e. The number of hydrogen-bond acceptors (Lipinski definition) is 7. The Morgan fingerprint density at radius 2 is 1.77 bits per heavy atom. The Labute approximate surface area is 203 Å². The van der Waals surface area contributed by atoms with Crippen molar-refractivity contribution in [2.45, 2.75) is 18.9 Å². The van der Waals surface area contributed by atoms with E-state index in [0.717, 1.165) is 54.2 Å². The Bertz CT molecular complexity index is 1360. The second kappa shape index (κ2) is 9.05. The van der Waals surface area contributed by atoms with Crippen LogP contribution >= 0.6 is 0 Å². The highest BCUT2D eigenvalue weighted by Gasteiger charge is 2.27. The van der Waals surface area contributed by atoms with Gasteiger partial charge in [-0.15, -0.1) is 0 Å². The summed E-state index contributed by atoms with van der Waals surface area (Å²) in [6, 6.07) is 7.78. The van der Waals surface area contributed by atoms with Gasteiger partial charge in [0, 0.05) is 74.6 Å². The average molecular weight is 476 g/mol. The highest BCUT2D eigenvalue weighted by atomic mass is 19.1. The fourth-order valence-electron chi connectivity index (χ4n) is 5.43. The molecule has 0 amide bonds. The van der Waals surface area contributed by atoms with Gasteiger partial charge in [-0.3, -0.25) is 9.88 Å². The topological polar surface area (TPSA) is 62.0 Å². The third kappa shape index (κ3) is 4.08. The number of aromatic nitrogens is 4. The zero-order valence-electron chi connectivity index (χ0n) is 20.2. The van der Waals surface area contributed by atoms with E-state index in [1.54, 1.807) is 12.3 Å². The molecule has 0 atom stereocenters. The highest BCUT2D eigenvalue weighted by Crippen LogP contribution is 2.32. The number of imidazole rings is 1. The standard InChI is InChI=1S/C26H30FN7O/c1-31-9-11-33(12-10-31)18-4-7-32(8-5-18)19-13-26-29-17-24(34(26)30-16-19)20-3-6-28-23-15-22(27)25(35-2)14-21(20)23/h3,6,13-18H,4-5,7-12H2,1-2H3.